The molecule has 1 fully saturated rings. The molecule has 1 aromatic carbocycles. The molecule has 1 amide bonds. The summed E-state index contributed by atoms with van der Waals surface area (Å²) in [6, 6.07) is 10.8. The predicted octanol–water partition coefficient (Wildman–Crippen LogP) is 3.30. The molecule has 2 aromatic rings. The van der Waals surface area contributed by atoms with Crippen molar-refractivity contribution in [3.63, 3.8) is 0 Å². The summed E-state index contributed by atoms with van der Waals surface area (Å²) in [5, 5.41) is 9.15. The van der Waals surface area contributed by atoms with Gasteiger partial charge in [0.15, 0.2) is 0 Å². The van der Waals surface area contributed by atoms with Gasteiger partial charge in [0.2, 0.25) is 0 Å². The minimum atomic E-state index is -0.918. The number of nitrogens with one attached hydrogen (secondary N) is 1. The molecule has 0 saturated carbocycles. The first-order chi connectivity index (χ1) is 11.6. The van der Waals surface area contributed by atoms with Gasteiger partial charge in [-0.1, -0.05) is 19.1 Å². The van der Waals surface area contributed by atoms with Crippen LogP contribution in [0.3, 0.4) is 0 Å². The average Bonchev–Trinajstić information content (AvgIpc) is 3.10. The number of nitrogens with zero attached hydrogens (tertiary/aromatic N) is 1. The van der Waals surface area contributed by atoms with Crippen LogP contribution in [0.15, 0.2) is 36.4 Å². The number of aryl methyl sites for hydroxylation is 1. The Hall–Kier alpha value is -2.56. The number of carboxylic acid groups (broad SMARTS) is 1. The number of carbonyl (C=O) groups is 2. The fourth-order valence-corrected chi connectivity index (χ4v) is 3.30. The molecule has 1 aliphatic rings. The number of aromatic carboxylic acids is 1. The van der Waals surface area contributed by atoms with E-state index in [0.29, 0.717) is 17.8 Å². The topological polar surface area (TPSA) is 73.4 Å². The first-order valence-corrected chi connectivity index (χ1v) is 8.39. The predicted molar refractivity (Wildman–Crippen MR) is 91.5 cm³/mol. The number of carboxylic acids is 1. The zero-order valence-electron chi connectivity index (χ0n) is 13.8. The molecule has 0 bridgehead atoms. The quantitative estimate of drug-likeness (QED) is 0.905. The van der Waals surface area contributed by atoms with Crippen molar-refractivity contribution in [3.8, 4) is 0 Å². The van der Waals surface area contributed by atoms with E-state index in [9.17, 15) is 9.59 Å². The number of aromatic amines is 1. The maximum absolute atomic E-state index is 12.7. The average molecular weight is 326 g/mol. The molecule has 0 spiro atoms. The van der Waals surface area contributed by atoms with Crippen LogP contribution in [0, 0.1) is 0 Å². The smallest absolute Gasteiger partial charge is 0.335 e. The van der Waals surface area contributed by atoms with Crippen molar-refractivity contribution < 1.29 is 14.7 Å². The normalized spacial score (nSPS) is 17.7. The van der Waals surface area contributed by atoms with Crippen molar-refractivity contribution in [2.75, 3.05) is 13.1 Å². The summed E-state index contributed by atoms with van der Waals surface area (Å²) in [6.07, 6.45) is 2.77. The lowest BCUT2D eigenvalue weighted by Gasteiger charge is -2.33. The Labute approximate surface area is 141 Å². The maximum Gasteiger partial charge on any atom is 0.335 e. The summed E-state index contributed by atoms with van der Waals surface area (Å²) in [6.45, 7) is 3.42. The summed E-state index contributed by atoms with van der Waals surface area (Å²) >= 11 is 0. The van der Waals surface area contributed by atoms with Crippen molar-refractivity contribution >= 4 is 11.9 Å². The largest absolute Gasteiger partial charge is 0.478 e. The van der Waals surface area contributed by atoms with Gasteiger partial charge in [0.05, 0.1) is 5.56 Å². The van der Waals surface area contributed by atoms with Crippen molar-refractivity contribution in [1.29, 1.82) is 0 Å². The number of hydrogen-bond acceptors (Lipinski definition) is 2. The van der Waals surface area contributed by atoms with Gasteiger partial charge in [-0.3, -0.25) is 4.79 Å². The van der Waals surface area contributed by atoms with Crippen LogP contribution in [0.25, 0.3) is 0 Å². The van der Waals surface area contributed by atoms with E-state index < -0.39 is 5.97 Å². The number of piperidine rings is 1. The van der Waals surface area contributed by atoms with E-state index in [-0.39, 0.29) is 11.8 Å². The van der Waals surface area contributed by atoms with Crippen molar-refractivity contribution in [3.05, 3.63) is 58.9 Å². The van der Waals surface area contributed by atoms with Crippen molar-refractivity contribution in [2.45, 2.75) is 32.1 Å². The van der Waals surface area contributed by atoms with Gasteiger partial charge in [-0.2, -0.15) is 0 Å². The van der Waals surface area contributed by atoms with Crippen LogP contribution in [0.4, 0.5) is 0 Å². The Bertz CT molecular complexity index is 751. The number of rotatable bonds is 4. The lowest BCUT2D eigenvalue weighted by atomic mass is 9.89. The standard InChI is InChI=1S/C19H22N2O3/c1-2-16-8-9-17(20-16)18(22)21-10-4-7-15(12-21)13-5-3-6-14(11-13)19(23)24/h3,5-6,8-9,11,15,20H,2,4,7,10,12H2,1H3,(H,23,24). The second kappa shape index (κ2) is 6.91. The third-order valence-electron chi connectivity index (χ3n) is 4.67. The first-order valence-electron chi connectivity index (χ1n) is 8.39. The van der Waals surface area contributed by atoms with Gasteiger partial charge in [0, 0.05) is 24.7 Å². The lowest BCUT2D eigenvalue weighted by molar-refractivity contribution is 0.0686. The molecular formula is C19H22N2O3. The molecule has 5 nitrogen and oxygen atoms in total. The van der Waals surface area contributed by atoms with Gasteiger partial charge in [-0.15, -0.1) is 0 Å². The van der Waals surface area contributed by atoms with Crippen LogP contribution in [0.2, 0.25) is 0 Å². The van der Waals surface area contributed by atoms with Crippen LogP contribution in [-0.2, 0) is 6.42 Å². The molecule has 0 radical (unpaired) electrons. The zero-order valence-corrected chi connectivity index (χ0v) is 13.8. The fourth-order valence-electron chi connectivity index (χ4n) is 3.30. The Balaban J connectivity index is 1.75. The van der Waals surface area contributed by atoms with Gasteiger partial charge >= 0.3 is 5.97 Å². The number of carbonyl (C=O) groups excluding carboxylic acids is 1. The second-order valence-electron chi connectivity index (χ2n) is 6.27. The van der Waals surface area contributed by atoms with Crippen LogP contribution >= 0.6 is 0 Å². The Morgan fingerprint density at radius 1 is 1.29 bits per heavy atom. The van der Waals surface area contributed by atoms with Crippen molar-refractivity contribution in [1.82, 2.24) is 9.88 Å². The molecule has 126 valence electrons. The van der Waals surface area contributed by atoms with Crippen LogP contribution < -0.4 is 0 Å². The van der Waals surface area contributed by atoms with E-state index >= 15 is 0 Å². The number of amides is 1. The van der Waals surface area contributed by atoms with Gasteiger partial charge in [-0.25, -0.2) is 4.79 Å². The number of benzene rings is 1. The van der Waals surface area contributed by atoms with Gasteiger partial charge in [-0.05, 0) is 49.1 Å². The highest BCUT2D eigenvalue weighted by Crippen LogP contribution is 2.28. The monoisotopic (exact) mass is 326 g/mol. The summed E-state index contributed by atoms with van der Waals surface area (Å²) in [5.74, 6) is -0.713. The number of H-pyrrole nitrogens is 1. The third kappa shape index (κ3) is 3.35. The maximum atomic E-state index is 12.7. The van der Waals surface area contributed by atoms with E-state index in [1.807, 2.05) is 30.0 Å². The molecule has 1 aliphatic heterocycles. The molecule has 1 aromatic heterocycles. The molecule has 24 heavy (non-hydrogen) atoms. The number of aromatic nitrogens is 1. The highest BCUT2D eigenvalue weighted by molar-refractivity contribution is 5.92. The van der Waals surface area contributed by atoms with Crippen LogP contribution in [-0.4, -0.2) is 40.0 Å². The highest BCUT2D eigenvalue weighted by atomic mass is 16.4. The Morgan fingerprint density at radius 2 is 2.12 bits per heavy atom. The lowest BCUT2D eigenvalue weighted by Crippen LogP contribution is -2.39. The number of likely N-dealkylation sites (tertiary alicyclic amines) is 1. The Morgan fingerprint density at radius 3 is 2.83 bits per heavy atom. The molecule has 0 aliphatic carbocycles. The summed E-state index contributed by atoms with van der Waals surface area (Å²) in [5.41, 5.74) is 2.98. The number of hydrogen-bond donors (Lipinski definition) is 2. The van der Waals surface area contributed by atoms with E-state index in [1.165, 1.54) is 0 Å². The molecule has 2 heterocycles. The highest BCUT2D eigenvalue weighted by Gasteiger charge is 2.26. The SMILES string of the molecule is CCc1ccc(C(=O)N2CCCC(c3cccc(C(=O)O)c3)C2)[nH]1. The van der Waals surface area contributed by atoms with Gasteiger partial charge < -0.3 is 15.0 Å². The first kappa shape index (κ1) is 16.3. The van der Waals surface area contributed by atoms with E-state index in [4.69, 9.17) is 5.11 Å². The minimum absolute atomic E-state index is 0.0220. The molecule has 1 atom stereocenters. The van der Waals surface area contributed by atoms with Crippen LogP contribution in [0.5, 0.6) is 0 Å². The molecule has 2 N–H and O–H groups in total. The van der Waals surface area contributed by atoms with E-state index in [1.54, 1.807) is 18.2 Å². The van der Waals surface area contributed by atoms with Gasteiger partial charge in [0.1, 0.15) is 5.69 Å². The zero-order chi connectivity index (χ0) is 17.1. The molecule has 5 heteroatoms. The second-order valence-corrected chi connectivity index (χ2v) is 6.27. The molecule has 1 unspecified atom stereocenters. The fraction of sp³-hybridized carbons (Fsp3) is 0.368. The van der Waals surface area contributed by atoms with Crippen LogP contribution in [0.1, 0.15) is 57.8 Å². The van der Waals surface area contributed by atoms with E-state index in [2.05, 4.69) is 4.98 Å². The van der Waals surface area contributed by atoms with Gasteiger partial charge in [0.25, 0.3) is 5.91 Å². The molecular weight excluding hydrogens is 304 g/mol. The van der Waals surface area contributed by atoms with E-state index in [0.717, 1.165) is 37.1 Å². The molecule has 1 saturated heterocycles. The van der Waals surface area contributed by atoms with Crippen molar-refractivity contribution in [2.24, 2.45) is 0 Å². The summed E-state index contributed by atoms with van der Waals surface area (Å²) in [7, 11) is 0. The summed E-state index contributed by atoms with van der Waals surface area (Å²) in [4.78, 5) is 28.9. The minimum Gasteiger partial charge on any atom is -0.478 e. The summed E-state index contributed by atoms with van der Waals surface area (Å²) < 4.78 is 0. The third-order valence-corrected chi connectivity index (χ3v) is 4.67. The Kier molecular flexibility index (Phi) is 4.69. The molecule has 3 rings (SSSR count).